The topological polar surface area (TPSA) is 37.3 Å². The van der Waals surface area contributed by atoms with E-state index in [9.17, 15) is 4.79 Å². The predicted octanol–water partition coefficient (Wildman–Crippen LogP) is 3.09. The first kappa shape index (κ1) is 11.3. The van der Waals surface area contributed by atoms with Gasteiger partial charge in [-0.3, -0.25) is 0 Å². The van der Waals surface area contributed by atoms with Gasteiger partial charge in [0.05, 0.1) is 0 Å². The molecule has 2 heteroatoms. The van der Waals surface area contributed by atoms with Crippen LogP contribution in [0.2, 0.25) is 0 Å². The van der Waals surface area contributed by atoms with Gasteiger partial charge < -0.3 is 5.11 Å². The highest BCUT2D eigenvalue weighted by Crippen LogP contribution is 2.39. The minimum Gasteiger partial charge on any atom is -0.478 e. The Balaban J connectivity index is 2.68. The fraction of sp³-hybridized carbons (Fsp3) is 0.750. The number of rotatable bonds is 3. The maximum absolute atomic E-state index is 10.7. The molecule has 1 aliphatic carbocycles. The number of hydrogen-bond donors (Lipinski definition) is 1. The molecule has 0 aromatic rings. The highest BCUT2D eigenvalue weighted by Gasteiger charge is 2.29. The van der Waals surface area contributed by atoms with Crippen molar-refractivity contribution in [3.63, 3.8) is 0 Å². The largest absolute Gasteiger partial charge is 0.478 e. The summed E-state index contributed by atoms with van der Waals surface area (Å²) < 4.78 is 0. The van der Waals surface area contributed by atoms with E-state index >= 15 is 0 Å². The van der Waals surface area contributed by atoms with E-state index in [-0.39, 0.29) is 0 Å². The van der Waals surface area contributed by atoms with E-state index in [1.807, 2.05) is 6.08 Å². The van der Waals surface area contributed by atoms with Crippen LogP contribution in [0, 0.1) is 17.8 Å². The standard InChI is InChI=1S/C12H20O2/c1-4-10-5-8(2)6-11(10)7-9(3)12(13)14/h7-8,10-11H,4-6H2,1-3H3,(H,13,14). The van der Waals surface area contributed by atoms with Crippen molar-refractivity contribution in [3.8, 4) is 0 Å². The second-order valence-corrected chi connectivity index (χ2v) is 4.56. The van der Waals surface area contributed by atoms with Gasteiger partial charge >= 0.3 is 5.97 Å². The third kappa shape index (κ3) is 2.60. The second kappa shape index (κ2) is 4.63. The number of allylic oxidation sites excluding steroid dienone is 1. The summed E-state index contributed by atoms with van der Waals surface area (Å²) in [4.78, 5) is 10.7. The molecule has 1 aliphatic rings. The molecule has 0 aliphatic heterocycles. The molecule has 1 fully saturated rings. The summed E-state index contributed by atoms with van der Waals surface area (Å²) in [6.45, 7) is 6.14. The van der Waals surface area contributed by atoms with Gasteiger partial charge in [0.2, 0.25) is 0 Å². The maximum atomic E-state index is 10.7. The Morgan fingerprint density at radius 3 is 2.64 bits per heavy atom. The Morgan fingerprint density at radius 1 is 1.50 bits per heavy atom. The minimum atomic E-state index is -0.778. The SMILES string of the molecule is CCC1CC(C)CC1C=C(C)C(=O)O. The second-order valence-electron chi connectivity index (χ2n) is 4.56. The van der Waals surface area contributed by atoms with Gasteiger partial charge in [0.15, 0.2) is 0 Å². The van der Waals surface area contributed by atoms with Gasteiger partial charge in [-0.2, -0.15) is 0 Å². The van der Waals surface area contributed by atoms with E-state index < -0.39 is 5.97 Å². The van der Waals surface area contributed by atoms with Crippen molar-refractivity contribution in [2.75, 3.05) is 0 Å². The van der Waals surface area contributed by atoms with Crippen molar-refractivity contribution in [1.29, 1.82) is 0 Å². The number of hydrogen-bond acceptors (Lipinski definition) is 1. The Hall–Kier alpha value is -0.790. The van der Waals surface area contributed by atoms with Crippen molar-refractivity contribution in [2.45, 2.75) is 40.0 Å². The van der Waals surface area contributed by atoms with E-state index in [2.05, 4.69) is 13.8 Å². The van der Waals surface area contributed by atoms with Crippen LogP contribution in [0.15, 0.2) is 11.6 Å². The van der Waals surface area contributed by atoms with E-state index in [1.54, 1.807) is 6.92 Å². The molecule has 0 saturated heterocycles. The van der Waals surface area contributed by atoms with E-state index in [0.717, 1.165) is 12.3 Å². The lowest BCUT2D eigenvalue weighted by atomic mass is 9.92. The zero-order valence-corrected chi connectivity index (χ0v) is 9.29. The number of carboxylic acids is 1. The van der Waals surface area contributed by atoms with Gasteiger partial charge in [-0.15, -0.1) is 0 Å². The summed E-state index contributed by atoms with van der Waals surface area (Å²) >= 11 is 0. The van der Waals surface area contributed by atoms with Crippen LogP contribution < -0.4 is 0 Å². The summed E-state index contributed by atoms with van der Waals surface area (Å²) in [6, 6.07) is 0. The Kier molecular flexibility index (Phi) is 3.73. The summed E-state index contributed by atoms with van der Waals surface area (Å²) in [7, 11) is 0. The van der Waals surface area contributed by atoms with Gasteiger partial charge in [0, 0.05) is 5.57 Å². The first-order valence-electron chi connectivity index (χ1n) is 5.46. The molecular formula is C12H20O2. The Morgan fingerprint density at radius 2 is 2.14 bits per heavy atom. The first-order chi connectivity index (χ1) is 6.54. The van der Waals surface area contributed by atoms with Crippen molar-refractivity contribution in [3.05, 3.63) is 11.6 Å². The van der Waals surface area contributed by atoms with Gasteiger partial charge in [0.25, 0.3) is 0 Å². The highest BCUT2D eigenvalue weighted by molar-refractivity contribution is 5.85. The molecule has 0 bridgehead atoms. The summed E-state index contributed by atoms with van der Waals surface area (Å²) in [5.41, 5.74) is 0.502. The zero-order chi connectivity index (χ0) is 10.7. The molecular weight excluding hydrogens is 176 g/mol. The zero-order valence-electron chi connectivity index (χ0n) is 9.29. The fourth-order valence-corrected chi connectivity index (χ4v) is 2.51. The van der Waals surface area contributed by atoms with E-state index in [1.165, 1.54) is 12.8 Å². The third-order valence-corrected chi connectivity index (χ3v) is 3.31. The molecule has 3 atom stereocenters. The third-order valence-electron chi connectivity index (χ3n) is 3.31. The smallest absolute Gasteiger partial charge is 0.330 e. The van der Waals surface area contributed by atoms with Crippen LogP contribution in [0.3, 0.4) is 0 Å². The van der Waals surface area contributed by atoms with E-state index in [4.69, 9.17) is 5.11 Å². The fourth-order valence-electron chi connectivity index (χ4n) is 2.51. The molecule has 14 heavy (non-hydrogen) atoms. The molecule has 3 unspecified atom stereocenters. The van der Waals surface area contributed by atoms with Gasteiger partial charge in [-0.25, -0.2) is 4.79 Å². The maximum Gasteiger partial charge on any atom is 0.330 e. The van der Waals surface area contributed by atoms with Gasteiger partial charge in [-0.1, -0.05) is 26.3 Å². The molecule has 0 heterocycles. The van der Waals surface area contributed by atoms with Crippen LogP contribution in [-0.4, -0.2) is 11.1 Å². The average Bonchev–Trinajstić information content (AvgIpc) is 2.45. The van der Waals surface area contributed by atoms with E-state index in [0.29, 0.717) is 17.4 Å². The van der Waals surface area contributed by atoms with Crippen molar-refractivity contribution in [2.24, 2.45) is 17.8 Å². The monoisotopic (exact) mass is 196 g/mol. The normalized spacial score (nSPS) is 33.4. The quantitative estimate of drug-likeness (QED) is 0.704. The molecule has 0 aromatic heterocycles. The van der Waals surface area contributed by atoms with Crippen LogP contribution in [0.4, 0.5) is 0 Å². The van der Waals surface area contributed by atoms with Crippen LogP contribution in [-0.2, 0) is 4.79 Å². The minimum absolute atomic E-state index is 0.492. The molecule has 1 rings (SSSR count). The van der Waals surface area contributed by atoms with Crippen LogP contribution in [0.5, 0.6) is 0 Å². The average molecular weight is 196 g/mol. The lowest BCUT2D eigenvalue weighted by molar-refractivity contribution is -0.132. The van der Waals surface area contributed by atoms with Crippen molar-refractivity contribution >= 4 is 5.97 Å². The Labute approximate surface area is 86.0 Å². The Bertz CT molecular complexity index is 243. The lowest BCUT2D eigenvalue weighted by Crippen LogP contribution is -2.06. The predicted molar refractivity (Wildman–Crippen MR) is 57.1 cm³/mol. The van der Waals surface area contributed by atoms with Crippen molar-refractivity contribution in [1.82, 2.24) is 0 Å². The molecule has 2 nitrogen and oxygen atoms in total. The van der Waals surface area contributed by atoms with Crippen LogP contribution in [0.25, 0.3) is 0 Å². The van der Waals surface area contributed by atoms with Crippen LogP contribution >= 0.6 is 0 Å². The first-order valence-corrected chi connectivity index (χ1v) is 5.46. The molecule has 1 N–H and O–H groups in total. The number of carbonyl (C=O) groups is 1. The van der Waals surface area contributed by atoms with Gasteiger partial charge in [0.1, 0.15) is 0 Å². The molecule has 0 amide bonds. The molecule has 0 radical (unpaired) electrons. The summed E-state index contributed by atoms with van der Waals surface area (Å²) in [6.07, 6.45) is 5.53. The van der Waals surface area contributed by atoms with Gasteiger partial charge in [-0.05, 0) is 37.5 Å². The highest BCUT2D eigenvalue weighted by atomic mass is 16.4. The summed E-state index contributed by atoms with van der Waals surface area (Å²) in [5, 5.41) is 8.80. The lowest BCUT2D eigenvalue weighted by Gasteiger charge is -2.13. The summed E-state index contributed by atoms with van der Waals surface area (Å²) in [5.74, 6) is 1.16. The molecule has 0 aromatic carbocycles. The molecule has 80 valence electrons. The molecule has 0 spiro atoms. The molecule has 1 saturated carbocycles. The number of aliphatic carboxylic acids is 1. The van der Waals surface area contributed by atoms with Crippen LogP contribution in [0.1, 0.15) is 40.0 Å². The number of carboxylic acid groups (broad SMARTS) is 1. The van der Waals surface area contributed by atoms with Crippen molar-refractivity contribution < 1.29 is 9.90 Å².